The fourth-order valence-corrected chi connectivity index (χ4v) is 2.74. The van der Waals surface area contributed by atoms with Crippen LogP contribution in [0.5, 0.6) is 11.5 Å². The van der Waals surface area contributed by atoms with Gasteiger partial charge in [-0.15, -0.1) is 0 Å². The van der Waals surface area contributed by atoms with Gasteiger partial charge in [0.15, 0.2) is 11.5 Å². The first-order valence-corrected chi connectivity index (χ1v) is 6.95. The van der Waals surface area contributed by atoms with E-state index in [-0.39, 0.29) is 0 Å². The highest BCUT2D eigenvalue weighted by molar-refractivity contribution is 5.95. The van der Waals surface area contributed by atoms with E-state index in [1.165, 1.54) is 6.33 Å². The smallest absolute Gasteiger partial charge is 0.248 e. The molecule has 0 spiro atoms. The standard InChI is InChI=1S/C15H17N5O3/c1-8-12(14(16)21)13(20-15(19-8)17-7-18-20)9-4-5-10(22-2)11(6-9)23-3/h4-7,13H,1-3H3,(H2,16,21)(H,17,18,19). The van der Waals surface area contributed by atoms with Crippen molar-refractivity contribution in [2.45, 2.75) is 13.0 Å². The number of primary amides is 1. The average molecular weight is 315 g/mol. The van der Waals surface area contributed by atoms with Gasteiger partial charge in [0, 0.05) is 5.70 Å². The molecule has 1 aromatic heterocycles. The summed E-state index contributed by atoms with van der Waals surface area (Å²) in [5, 5.41) is 7.24. The normalized spacial score (nSPS) is 16.6. The van der Waals surface area contributed by atoms with Crippen molar-refractivity contribution in [3.05, 3.63) is 41.4 Å². The summed E-state index contributed by atoms with van der Waals surface area (Å²) in [5.41, 5.74) is 7.46. The Morgan fingerprint density at radius 2 is 2.04 bits per heavy atom. The molecule has 1 unspecified atom stereocenters. The molecule has 0 fully saturated rings. The second kappa shape index (κ2) is 5.64. The van der Waals surface area contributed by atoms with Crippen LogP contribution in [0.3, 0.4) is 0 Å². The molecule has 3 N–H and O–H groups in total. The monoisotopic (exact) mass is 315 g/mol. The Balaban J connectivity index is 2.18. The van der Waals surface area contributed by atoms with Gasteiger partial charge in [-0.25, -0.2) is 4.68 Å². The van der Waals surface area contributed by atoms with E-state index in [1.807, 2.05) is 6.07 Å². The largest absolute Gasteiger partial charge is 0.493 e. The van der Waals surface area contributed by atoms with Gasteiger partial charge in [0.25, 0.3) is 0 Å². The van der Waals surface area contributed by atoms with Crippen LogP contribution in [-0.2, 0) is 4.79 Å². The Hall–Kier alpha value is -3.03. The van der Waals surface area contributed by atoms with Gasteiger partial charge in [0.05, 0.1) is 19.8 Å². The minimum Gasteiger partial charge on any atom is -0.493 e. The molecule has 120 valence electrons. The number of hydrogen-bond acceptors (Lipinski definition) is 6. The van der Waals surface area contributed by atoms with E-state index in [0.717, 1.165) is 5.56 Å². The maximum Gasteiger partial charge on any atom is 0.248 e. The lowest BCUT2D eigenvalue weighted by Crippen LogP contribution is -2.31. The highest BCUT2D eigenvalue weighted by Gasteiger charge is 2.32. The first-order valence-electron chi connectivity index (χ1n) is 6.95. The first-order chi connectivity index (χ1) is 11.1. The van der Waals surface area contributed by atoms with Crippen molar-refractivity contribution >= 4 is 11.9 Å². The summed E-state index contributed by atoms with van der Waals surface area (Å²) >= 11 is 0. The molecule has 0 radical (unpaired) electrons. The van der Waals surface area contributed by atoms with Crippen LogP contribution in [0.25, 0.3) is 0 Å². The Bertz CT molecular complexity index is 796. The first kappa shape index (κ1) is 14.9. The number of hydrogen-bond donors (Lipinski definition) is 2. The van der Waals surface area contributed by atoms with Gasteiger partial charge >= 0.3 is 0 Å². The van der Waals surface area contributed by atoms with Crippen molar-refractivity contribution in [2.75, 3.05) is 19.5 Å². The third-order valence-corrected chi connectivity index (χ3v) is 3.78. The van der Waals surface area contributed by atoms with E-state index in [2.05, 4.69) is 15.4 Å². The zero-order chi connectivity index (χ0) is 16.6. The van der Waals surface area contributed by atoms with Crippen LogP contribution in [0.2, 0.25) is 0 Å². The third kappa shape index (κ3) is 2.37. The molecule has 0 saturated heterocycles. The number of anilines is 1. The Morgan fingerprint density at radius 1 is 1.30 bits per heavy atom. The molecule has 2 heterocycles. The van der Waals surface area contributed by atoms with Crippen LogP contribution < -0.4 is 20.5 Å². The van der Waals surface area contributed by atoms with Crippen molar-refractivity contribution in [2.24, 2.45) is 5.73 Å². The number of nitrogens with two attached hydrogens (primary N) is 1. The van der Waals surface area contributed by atoms with Gasteiger partial charge < -0.3 is 20.5 Å². The molecule has 1 aliphatic heterocycles. The molecular weight excluding hydrogens is 298 g/mol. The fraction of sp³-hybridized carbons (Fsp3) is 0.267. The number of ether oxygens (including phenoxy) is 2. The van der Waals surface area contributed by atoms with Crippen molar-refractivity contribution in [1.82, 2.24) is 14.8 Å². The lowest BCUT2D eigenvalue weighted by atomic mass is 9.95. The second-order valence-electron chi connectivity index (χ2n) is 5.07. The van der Waals surface area contributed by atoms with E-state index in [1.54, 1.807) is 38.0 Å². The summed E-state index contributed by atoms with van der Waals surface area (Å²) in [6.45, 7) is 1.78. The Labute approximate surface area is 132 Å². The molecule has 0 bridgehead atoms. The zero-order valence-corrected chi connectivity index (χ0v) is 13.0. The van der Waals surface area contributed by atoms with Crippen LogP contribution in [0, 0.1) is 0 Å². The number of rotatable bonds is 4. The number of fused-ring (bicyclic) bond motifs is 1. The molecule has 1 aliphatic rings. The van der Waals surface area contributed by atoms with E-state index >= 15 is 0 Å². The summed E-state index contributed by atoms with van der Waals surface area (Å²) in [4.78, 5) is 16.1. The molecule has 3 rings (SSSR count). The van der Waals surface area contributed by atoms with Crippen molar-refractivity contribution in [3.8, 4) is 11.5 Å². The predicted molar refractivity (Wildman–Crippen MR) is 83.2 cm³/mol. The van der Waals surface area contributed by atoms with Crippen LogP contribution in [0.15, 0.2) is 35.8 Å². The number of carbonyl (C=O) groups excluding carboxylic acids is 1. The molecule has 1 amide bonds. The van der Waals surface area contributed by atoms with Crippen molar-refractivity contribution in [1.29, 1.82) is 0 Å². The number of carbonyl (C=O) groups is 1. The molecule has 1 aromatic carbocycles. The van der Waals surface area contributed by atoms with Crippen molar-refractivity contribution < 1.29 is 14.3 Å². The Morgan fingerprint density at radius 3 is 2.70 bits per heavy atom. The summed E-state index contributed by atoms with van der Waals surface area (Å²) in [5.74, 6) is 1.19. The topological polar surface area (TPSA) is 104 Å². The maximum atomic E-state index is 12.0. The zero-order valence-electron chi connectivity index (χ0n) is 13.0. The minimum atomic E-state index is -0.518. The maximum absolute atomic E-state index is 12.0. The summed E-state index contributed by atoms with van der Waals surface area (Å²) in [7, 11) is 3.12. The molecule has 2 aromatic rings. The Kier molecular flexibility index (Phi) is 3.65. The van der Waals surface area contributed by atoms with E-state index < -0.39 is 11.9 Å². The SMILES string of the molecule is COc1ccc(C2C(C(N)=O)=C(C)Nc3ncnn32)cc1OC. The van der Waals surface area contributed by atoms with Gasteiger partial charge in [-0.3, -0.25) is 4.79 Å². The summed E-state index contributed by atoms with van der Waals surface area (Å²) < 4.78 is 12.2. The van der Waals surface area contributed by atoms with Crippen molar-refractivity contribution in [3.63, 3.8) is 0 Å². The number of nitrogens with zero attached hydrogens (tertiary/aromatic N) is 3. The number of methoxy groups -OCH3 is 2. The lowest BCUT2D eigenvalue weighted by molar-refractivity contribution is -0.115. The molecular formula is C15H17N5O3. The quantitative estimate of drug-likeness (QED) is 0.874. The highest BCUT2D eigenvalue weighted by Crippen LogP contribution is 2.37. The van der Waals surface area contributed by atoms with E-state index in [9.17, 15) is 4.79 Å². The number of nitrogens with one attached hydrogen (secondary N) is 1. The van der Waals surface area contributed by atoms with Crippen LogP contribution >= 0.6 is 0 Å². The second-order valence-corrected chi connectivity index (χ2v) is 5.07. The number of amides is 1. The molecule has 1 atom stereocenters. The average Bonchev–Trinajstić information content (AvgIpc) is 3.00. The van der Waals surface area contributed by atoms with Gasteiger partial charge in [0.1, 0.15) is 12.4 Å². The van der Waals surface area contributed by atoms with E-state index in [4.69, 9.17) is 15.2 Å². The summed E-state index contributed by atoms with van der Waals surface area (Å²) in [6, 6.07) is 4.95. The highest BCUT2D eigenvalue weighted by atomic mass is 16.5. The lowest BCUT2D eigenvalue weighted by Gasteiger charge is -2.28. The number of aromatic nitrogens is 3. The van der Waals surface area contributed by atoms with Gasteiger partial charge in [0.2, 0.25) is 11.9 Å². The van der Waals surface area contributed by atoms with E-state index in [0.29, 0.717) is 28.7 Å². The van der Waals surface area contributed by atoms with Gasteiger partial charge in [-0.05, 0) is 24.6 Å². The summed E-state index contributed by atoms with van der Waals surface area (Å²) in [6.07, 6.45) is 1.42. The fourth-order valence-electron chi connectivity index (χ4n) is 2.74. The molecule has 0 aliphatic carbocycles. The number of benzene rings is 1. The van der Waals surface area contributed by atoms with Crippen LogP contribution in [-0.4, -0.2) is 34.9 Å². The molecule has 8 nitrogen and oxygen atoms in total. The van der Waals surface area contributed by atoms with Crippen LogP contribution in [0.4, 0.5) is 5.95 Å². The molecule has 0 saturated carbocycles. The predicted octanol–water partition coefficient (Wildman–Crippen LogP) is 1.07. The molecule has 8 heteroatoms. The third-order valence-electron chi connectivity index (χ3n) is 3.78. The van der Waals surface area contributed by atoms with Gasteiger partial charge in [-0.2, -0.15) is 10.1 Å². The molecule has 23 heavy (non-hydrogen) atoms. The van der Waals surface area contributed by atoms with Crippen LogP contribution in [0.1, 0.15) is 18.5 Å². The minimum absolute atomic E-state index is 0.426. The number of allylic oxidation sites excluding steroid dienone is 1. The van der Waals surface area contributed by atoms with Gasteiger partial charge in [-0.1, -0.05) is 6.07 Å².